The zero-order valence-electron chi connectivity index (χ0n) is 6.80. The maximum Gasteiger partial charge on any atom is 0.279 e. The molecular weight excluding hydrogens is 154 g/mol. The molecule has 0 spiro atoms. The quantitative estimate of drug-likeness (QED) is 0.597. The molecule has 0 bridgehead atoms. The van der Waals surface area contributed by atoms with Crippen molar-refractivity contribution in [3.63, 3.8) is 0 Å². The van der Waals surface area contributed by atoms with E-state index < -0.39 is 12.7 Å². The Morgan fingerprint density at radius 3 is 1.73 bits per heavy atom. The largest absolute Gasteiger partial charge is 0.431 e. The van der Waals surface area contributed by atoms with E-state index in [1.165, 1.54) is 19.9 Å². The van der Waals surface area contributed by atoms with E-state index in [0.717, 1.165) is 0 Å². The van der Waals surface area contributed by atoms with Crippen molar-refractivity contribution >= 4 is 0 Å². The van der Waals surface area contributed by atoms with Crippen LogP contribution in [-0.4, -0.2) is 12.7 Å². The van der Waals surface area contributed by atoms with E-state index in [-0.39, 0.29) is 5.95 Å². The van der Waals surface area contributed by atoms with Crippen LogP contribution in [0, 0.1) is 0 Å². The lowest BCUT2D eigenvalue weighted by atomic mass is 10.6. The molecule has 0 aliphatic rings. The third kappa shape index (κ3) is 5.63. The third-order valence-electron chi connectivity index (χ3n) is 0.793. The zero-order chi connectivity index (χ0) is 8.85. The second-order valence-corrected chi connectivity index (χ2v) is 1.93. The number of rotatable bonds is 4. The fourth-order valence-corrected chi connectivity index (χ4v) is 0.484. The number of hydrogen-bond donors (Lipinski definition) is 0. The predicted molar refractivity (Wildman–Crippen MR) is 37.1 cm³/mol. The SMILES string of the molecule is CC=C(O[C@@H](C)F)O[C@@H](C)F. The van der Waals surface area contributed by atoms with Crippen molar-refractivity contribution in [1.82, 2.24) is 0 Å². The van der Waals surface area contributed by atoms with Crippen molar-refractivity contribution in [2.75, 3.05) is 0 Å². The Morgan fingerprint density at radius 1 is 1.18 bits per heavy atom. The van der Waals surface area contributed by atoms with E-state index in [0.29, 0.717) is 0 Å². The van der Waals surface area contributed by atoms with Gasteiger partial charge in [-0.15, -0.1) is 0 Å². The lowest BCUT2D eigenvalue weighted by Crippen LogP contribution is -2.07. The predicted octanol–water partition coefficient (Wildman–Crippen LogP) is 2.51. The molecule has 2 atom stereocenters. The van der Waals surface area contributed by atoms with E-state index in [1.807, 2.05) is 0 Å². The first-order chi connectivity index (χ1) is 5.06. The van der Waals surface area contributed by atoms with Gasteiger partial charge in [0.1, 0.15) is 0 Å². The van der Waals surface area contributed by atoms with Crippen LogP contribution in [0.5, 0.6) is 0 Å². The Kier molecular flexibility index (Phi) is 4.57. The van der Waals surface area contributed by atoms with Gasteiger partial charge in [-0.2, -0.15) is 0 Å². The number of hydrogen-bond acceptors (Lipinski definition) is 2. The van der Waals surface area contributed by atoms with Crippen LogP contribution in [0.25, 0.3) is 0 Å². The molecule has 0 radical (unpaired) electrons. The topological polar surface area (TPSA) is 18.5 Å². The summed E-state index contributed by atoms with van der Waals surface area (Å²) in [7, 11) is 0. The van der Waals surface area contributed by atoms with Crippen molar-refractivity contribution in [2.45, 2.75) is 33.5 Å². The van der Waals surface area contributed by atoms with Crippen LogP contribution in [0.15, 0.2) is 12.0 Å². The van der Waals surface area contributed by atoms with Crippen LogP contribution < -0.4 is 0 Å². The summed E-state index contributed by atoms with van der Waals surface area (Å²) >= 11 is 0. The molecule has 0 amide bonds. The number of ether oxygens (including phenoxy) is 2. The second-order valence-electron chi connectivity index (χ2n) is 1.93. The van der Waals surface area contributed by atoms with Crippen molar-refractivity contribution in [3.8, 4) is 0 Å². The first-order valence-electron chi connectivity index (χ1n) is 3.34. The Hall–Kier alpha value is -0.800. The minimum atomic E-state index is -1.49. The average Bonchev–Trinajstić information content (AvgIpc) is 1.84. The highest BCUT2D eigenvalue weighted by Crippen LogP contribution is 2.08. The Bertz CT molecular complexity index is 120. The van der Waals surface area contributed by atoms with Crippen molar-refractivity contribution < 1.29 is 18.3 Å². The molecule has 0 aliphatic carbocycles. The van der Waals surface area contributed by atoms with Crippen molar-refractivity contribution in [2.24, 2.45) is 0 Å². The van der Waals surface area contributed by atoms with Crippen LogP contribution in [0.4, 0.5) is 8.78 Å². The number of alkyl halides is 2. The lowest BCUT2D eigenvalue weighted by molar-refractivity contribution is -0.104. The fraction of sp³-hybridized carbons (Fsp3) is 0.714. The molecule has 0 unspecified atom stereocenters. The molecule has 0 aromatic carbocycles. The molecule has 0 aromatic heterocycles. The molecule has 0 saturated carbocycles. The van der Waals surface area contributed by atoms with Gasteiger partial charge < -0.3 is 9.47 Å². The van der Waals surface area contributed by atoms with Gasteiger partial charge in [0.2, 0.25) is 12.7 Å². The Labute approximate surface area is 64.8 Å². The van der Waals surface area contributed by atoms with Crippen LogP contribution in [0.3, 0.4) is 0 Å². The molecule has 0 aliphatic heterocycles. The summed E-state index contributed by atoms with van der Waals surface area (Å²) in [4.78, 5) is 0. The highest BCUT2D eigenvalue weighted by Gasteiger charge is 2.06. The molecule has 0 fully saturated rings. The maximum atomic E-state index is 12.1. The first kappa shape index (κ1) is 10.2. The molecule has 0 saturated heterocycles. The second kappa shape index (κ2) is 4.93. The monoisotopic (exact) mass is 166 g/mol. The molecule has 66 valence electrons. The smallest absolute Gasteiger partial charge is 0.279 e. The minimum Gasteiger partial charge on any atom is -0.431 e. The van der Waals surface area contributed by atoms with Gasteiger partial charge in [-0.1, -0.05) is 0 Å². The van der Waals surface area contributed by atoms with E-state index in [9.17, 15) is 8.78 Å². The molecular formula is C7H12F2O2. The molecule has 0 rings (SSSR count). The summed E-state index contributed by atoms with van der Waals surface area (Å²) in [5.74, 6) is -0.130. The molecule has 0 aromatic rings. The highest BCUT2D eigenvalue weighted by atomic mass is 19.2. The van der Waals surface area contributed by atoms with Gasteiger partial charge >= 0.3 is 0 Å². The molecule has 4 heteroatoms. The Morgan fingerprint density at radius 2 is 1.55 bits per heavy atom. The van der Waals surface area contributed by atoms with Crippen LogP contribution in [0.2, 0.25) is 0 Å². The van der Waals surface area contributed by atoms with Crippen LogP contribution in [-0.2, 0) is 9.47 Å². The average molecular weight is 166 g/mol. The lowest BCUT2D eigenvalue weighted by Gasteiger charge is -2.12. The van der Waals surface area contributed by atoms with Crippen molar-refractivity contribution in [1.29, 1.82) is 0 Å². The van der Waals surface area contributed by atoms with Gasteiger partial charge in [0.25, 0.3) is 5.95 Å². The summed E-state index contributed by atoms with van der Waals surface area (Å²) in [6.07, 6.45) is -1.62. The van der Waals surface area contributed by atoms with Gasteiger partial charge in [-0.3, -0.25) is 0 Å². The Balaban J connectivity index is 3.79. The van der Waals surface area contributed by atoms with Crippen molar-refractivity contribution in [3.05, 3.63) is 12.0 Å². The summed E-state index contributed by atoms with van der Waals surface area (Å²) < 4.78 is 33.1. The minimum absolute atomic E-state index is 0.130. The van der Waals surface area contributed by atoms with E-state index in [4.69, 9.17) is 0 Å². The number of allylic oxidation sites excluding steroid dienone is 1. The molecule has 0 heterocycles. The van der Waals surface area contributed by atoms with Gasteiger partial charge in [0, 0.05) is 13.8 Å². The number of halogens is 2. The maximum absolute atomic E-state index is 12.1. The van der Waals surface area contributed by atoms with Crippen LogP contribution in [0.1, 0.15) is 20.8 Å². The standard InChI is InChI=1S/C7H12F2O2/c1-4-7(10-5(2)8)11-6(3)9/h4-6H,1-3H3/t5-,6-/m0/s1. The summed E-state index contributed by atoms with van der Waals surface area (Å²) in [6, 6.07) is 0. The zero-order valence-corrected chi connectivity index (χ0v) is 6.80. The van der Waals surface area contributed by atoms with Gasteiger partial charge in [-0.05, 0) is 13.0 Å². The fourth-order valence-electron chi connectivity index (χ4n) is 0.484. The molecule has 2 nitrogen and oxygen atoms in total. The van der Waals surface area contributed by atoms with E-state index >= 15 is 0 Å². The van der Waals surface area contributed by atoms with Gasteiger partial charge in [0.15, 0.2) is 0 Å². The summed E-state index contributed by atoms with van der Waals surface area (Å²) in [6.45, 7) is 3.95. The summed E-state index contributed by atoms with van der Waals surface area (Å²) in [5.41, 5.74) is 0. The first-order valence-corrected chi connectivity index (χ1v) is 3.34. The normalized spacial score (nSPS) is 15.0. The van der Waals surface area contributed by atoms with Gasteiger partial charge in [0.05, 0.1) is 0 Å². The van der Waals surface area contributed by atoms with Crippen LogP contribution >= 0.6 is 0 Å². The molecule has 11 heavy (non-hydrogen) atoms. The third-order valence-corrected chi connectivity index (χ3v) is 0.793. The van der Waals surface area contributed by atoms with E-state index in [2.05, 4.69) is 9.47 Å². The van der Waals surface area contributed by atoms with Gasteiger partial charge in [-0.25, -0.2) is 8.78 Å². The highest BCUT2D eigenvalue weighted by molar-refractivity contribution is 4.79. The van der Waals surface area contributed by atoms with E-state index in [1.54, 1.807) is 6.92 Å². The summed E-state index contributed by atoms with van der Waals surface area (Å²) in [5, 5.41) is 0. The molecule has 0 N–H and O–H groups in total.